The molecule has 16 heteroatoms. The Kier molecular flexibility index (Phi) is 25.4. The third kappa shape index (κ3) is 19.4. The Balaban J connectivity index is 1.02. The van der Waals surface area contributed by atoms with Crippen molar-refractivity contribution in [3.05, 3.63) is 287 Å². The smallest absolute Gasteiger partial charge is 0.303 e. The van der Waals surface area contributed by atoms with Crippen LogP contribution >= 0.6 is 0 Å². The lowest BCUT2D eigenvalue weighted by atomic mass is 9.95. The number of carbonyl (C=O) groups excluding carboxylic acids is 1. The number of methoxy groups -OCH3 is 1. The van der Waals surface area contributed by atoms with Crippen LogP contribution in [0.2, 0.25) is 0 Å². The van der Waals surface area contributed by atoms with E-state index >= 15 is 0 Å². The molecule has 15 atom stereocenters. The van der Waals surface area contributed by atoms with Crippen molar-refractivity contribution in [1.82, 2.24) is 0 Å². The summed E-state index contributed by atoms with van der Waals surface area (Å²) in [6, 6.07) is 79.0. The van der Waals surface area contributed by atoms with Crippen molar-refractivity contribution >= 4 is 5.97 Å². The van der Waals surface area contributed by atoms with E-state index < -0.39 is 98.1 Å². The van der Waals surface area contributed by atoms with Crippen LogP contribution in [0.5, 0.6) is 0 Å². The quantitative estimate of drug-likeness (QED) is 0.0367. The molecule has 3 saturated heterocycles. The van der Waals surface area contributed by atoms with Gasteiger partial charge < -0.3 is 71.1 Å². The van der Waals surface area contributed by atoms with Gasteiger partial charge in [-0.25, -0.2) is 0 Å². The Morgan fingerprint density at radius 3 is 0.957 bits per heavy atom. The highest BCUT2D eigenvalue weighted by molar-refractivity contribution is 5.66. The van der Waals surface area contributed by atoms with Gasteiger partial charge in [0, 0.05) is 14.0 Å². The fourth-order valence-electron chi connectivity index (χ4n) is 11.9. The Morgan fingerprint density at radius 2 is 0.591 bits per heavy atom. The summed E-state index contributed by atoms with van der Waals surface area (Å²) in [5, 5.41) is 0. The average molecular weight is 1270 g/mol. The first-order valence-electron chi connectivity index (χ1n) is 32.0. The van der Waals surface area contributed by atoms with E-state index in [2.05, 4.69) is 0 Å². The molecule has 3 heterocycles. The van der Waals surface area contributed by atoms with Crippen molar-refractivity contribution in [3.8, 4) is 0 Å². The molecule has 8 aromatic rings. The van der Waals surface area contributed by atoms with E-state index in [0.717, 1.165) is 44.5 Å². The summed E-state index contributed by atoms with van der Waals surface area (Å²) in [4.78, 5) is 13.8. The first-order valence-corrected chi connectivity index (χ1v) is 32.0. The second-order valence-corrected chi connectivity index (χ2v) is 23.4. The van der Waals surface area contributed by atoms with E-state index in [4.69, 9.17) is 71.1 Å². The predicted octanol–water partition coefficient (Wildman–Crippen LogP) is 12.5. The van der Waals surface area contributed by atoms with Gasteiger partial charge in [-0.2, -0.15) is 0 Å². The minimum absolute atomic E-state index is 0.0105. The van der Waals surface area contributed by atoms with Crippen LogP contribution in [0, 0.1) is 0 Å². The van der Waals surface area contributed by atoms with E-state index in [-0.39, 0.29) is 66.1 Å². The van der Waals surface area contributed by atoms with Crippen molar-refractivity contribution < 1.29 is 75.8 Å². The minimum atomic E-state index is -1.42. The van der Waals surface area contributed by atoms with Crippen molar-refractivity contribution in [2.75, 3.05) is 20.3 Å². The summed E-state index contributed by atoms with van der Waals surface area (Å²) in [7, 11) is 1.55. The topological polar surface area (TPSA) is 156 Å². The molecular formula is C77H84O16. The molecule has 16 nitrogen and oxygen atoms in total. The highest BCUT2D eigenvalue weighted by Crippen LogP contribution is 2.39. The summed E-state index contributed by atoms with van der Waals surface area (Å²) < 4.78 is 105. The standard InChI is InChI=1S/C77H84O16/c1-54-66(82-46-58-32-16-6-17-33-58)69(84-48-60-36-20-8-21-37-60)72(86-50-62-40-24-10-25-41-62)76(88-54)92-68-65(53-81-45-57-30-14-5-15-31-57)90-75(79-3)73(87-51-63-42-26-11-27-43-63)71(68)93-77-74(89-55(2)78)70(85-49-61-38-22-9-23-39-61)67(83-47-59-34-18-7-19-35-59)64(91-77)52-80-44-56-28-12-4-13-29-56/h4-43,54,64-77H,44-53H2,1-3H3/t54-,64+,65+,66+,67-,68+,69+,70-,71-,72-,73+,74+,75+,76-,77-/m0/s1. The molecule has 3 aliphatic heterocycles. The minimum Gasteiger partial charge on any atom is -0.454 e. The molecule has 11 rings (SSSR count). The molecule has 0 saturated carbocycles. The highest BCUT2D eigenvalue weighted by Gasteiger charge is 2.57. The summed E-state index contributed by atoms with van der Waals surface area (Å²) in [5.74, 6) is -0.613. The molecule has 0 aromatic heterocycles. The Bertz CT molecular complexity index is 3360. The fraction of sp³-hybridized carbons (Fsp3) is 0.364. The third-order valence-corrected chi connectivity index (χ3v) is 16.5. The van der Waals surface area contributed by atoms with Gasteiger partial charge in [0.2, 0.25) is 0 Å². The van der Waals surface area contributed by atoms with Gasteiger partial charge in [-0.05, 0) is 51.4 Å². The van der Waals surface area contributed by atoms with Crippen LogP contribution in [-0.2, 0) is 129 Å². The summed E-state index contributed by atoms with van der Waals surface area (Å²) in [5.41, 5.74) is 7.38. The fourth-order valence-corrected chi connectivity index (χ4v) is 11.9. The van der Waals surface area contributed by atoms with Crippen LogP contribution in [0.4, 0.5) is 0 Å². The predicted molar refractivity (Wildman–Crippen MR) is 346 cm³/mol. The van der Waals surface area contributed by atoms with Crippen LogP contribution in [0.3, 0.4) is 0 Å². The van der Waals surface area contributed by atoms with E-state index in [9.17, 15) is 4.79 Å². The maximum absolute atomic E-state index is 13.8. The monoisotopic (exact) mass is 1260 g/mol. The van der Waals surface area contributed by atoms with Gasteiger partial charge in [-0.3, -0.25) is 4.79 Å². The zero-order chi connectivity index (χ0) is 63.8. The maximum atomic E-state index is 13.8. The zero-order valence-corrected chi connectivity index (χ0v) is 52.9. The SMILES string of the molecule is CO[C@@H]1O[C@H](COCc2ccccc2)[C@@H](O[C@@H]2O[C@@H](C)[C@@H](OCc3ccccc3)[C@@H](OCc3ccccc3)[C@@H]2OCc2ccccc2)[C@H](O[C@@H]2O[C@H](COCc3ccccc3)[C@H](OCc3ccccc3)[C@H](OCc3ccccc3)[C@H]2OC(C)=O)[C@H]1OCc1ccccc1. The number of hydrogen-bond donors (Lipinski definition) is 0. The summed E-state index contributed by atoms with van der Waals surface area (Å²) in [6.45, 7) is 4.78. The molecule has 8 aromatic carbocycles. The second-order valence-electron chi connectivity index (χ2n) is 23.4. The van der Waals surface area contributed by atoms with Gasteiger partial charge in [-0.15, -0.1) is 0 Å². The molecule has 0 aliphatic carbocycles. The Labute approximate surface area is 545 Å². The van der Waals surface area contributed by atoms with Crippen molar-refractivity contribution in [3.63, 3.8) is 0 Å². The molecule has 93 heavy (non-hydrogen) atoms. The van der Waals surface area contributed by atoms with Crippen molar-refractivity contribution in [1.29, 1.82) is 0 Å². The molecule has 0 unspecified atom stereocenters. The van der Waals surface area contributed by atoms with Crippen LogP contribution < -0.4 is 0 Å². The van der Waals surface area contributed by atoms with Crippen LogP contribution in [-0.4, -0.2) is 118 Å². The lowest BCUT2D eigenvalue weighted by molar-refractivity contribution is -0.395. The van der Waals surface area contributed by atoms with Crippen LogP contribution in [0.25, 0.3) is 0 Å². The first kappa shape index (κ1) is 67.1. The molecule has 0 N–H and O–H groups in total. The number of benzene rings is 8. The second kappa shape index (κ2) is 35.3. The average Bonchev–Trinajstić information content (AvgIpc) is 1.21. The van der Waals surface area contributed by atoms with Gasteiger partial charge >= 0.3 is 5.97 Å². The van der Waals surface area contributed by atoms with E-state index in [1.54, 1.807) is 7.11 Å². The molecule has 0 spiro atoms. The lowest BCUT2D eigenvalue weighted by Gasteiger charge is -2.51. The lowest BCUT2D eigenvalue weighted by Crippen LogP contribution is -2.68. The summed E-state index contributed by atoms with van der Waals surface area (Å²) in [6.07, 6.45) is -15.4. The molecule has 0 radical (unpaired) electrons. The molecular weight excluding hydrogens is 1180 g/mol. The normalized spacial score (nSPS) is 26.3. The number of carbonyl (C=O) groups is 1. The molecule has 3 fully saturated rings. The first-order chi connectivity index (χ1) is 45.8. The number of hydrogen-bond acceptors (Lipinski definition) is 16. The van der Waals surface area contributed by atoms with Crippen LogP contribution in [0.15, 0.2) is 243 Å². The highest BCUT2D eigenvalue weighted by atomic mass is 16.8. The van der Waals surface area contributed by atoms with Crippen molar-refractivity contribution in [2.45, 2.75) is 159 Å². The zero-order valence-electron chi connectivity index (χ0n) is 52.9. The van der Waals surface area contributed by atoms with Gasteiger partial charge in [0.1, 0.15) is 61.0 Å². The van der Waals surface area contributed by atoms with Gasteiger partial charge in [0.15, 0.2) is 25.0 Å². The Morgan fingerprint density at radius 1 is 0.312 bits per heavy atom. The maximum Gasteiger partial charge on any atom is 0.303 e. The molecule has 0 bridgehead atoms. The van der Waals surface area contributed by atoms with Crippen LogP contribution in [0.1, 0.15) is 58.4 Å². The van der Waals surface area contributed by atoms with E-state index in [0.29, 0.717) is 0 Å². The van der Waals surface area contributed by atoms with Gasteiger partial charge in [-0.1, -0.05) is 243 Å². The number of ether oxygens (including phenoxy) is 15. The molecule has 3 aliphatic rings. The van der Waals surface area contributed by atoms with Gasteiger partial charge in [0.25, 0.3) is 0 Å². The Hall–Kier alpha value is -7.33. The number of rotatable bonds is 32. The largest absolute Gasteiger partial charge is 0.454 e. The summed E-state index contributed by atoms with van der Waals surface area (Å²) >= 11 is 0. The van der Waals surface area contributed by atoms with E-state index in [1.807, 2.05) is 250 Å². The number of esters is 1. The molecule has 0 amide bonds. The van der Waals surface area contributed by atoms with E-state index in [1.165, 1.54) is 6.92 Å². The van der Waals surface area contributed by atoms with Gasteiger partial charge in [0.05, 0.1) is 72.2 Å². The third-order valence-electron chi connectivity index (χ3n) is 16.5. The molecule has 488 valence electrons. The van der Waals surface area contributed by atoms with Crippen molar-refractivity contribution in [2.24, 2.45) is 0 Å².